The van der Waals surface area contributed by atoms with Gasteiger partial charge in [0.1, 0.15) is 5.84 Å². The Morgan fingerprint density at radius 2 is 2.33 bits per heavy atom. The zero-order valence-corrected chi connectivity index (χ0v) is 5.95. The summed E-state index contributed by atoms with van der Waals surface area (Å²) in [6.45, 7) is 4.41. The maximum absolute atomic E-state index is 11.4. The van der Waals surface area contributed by atoms with Crippen LogP contribution in [0.3, 0.4) is 0 Å². The summed E-state index contributed by atoms with van der Waals surface area (Å²) in [6, 6.07) is 0. The Kier molecular flexibility index (Phi) is 5.17. The van der Waals surface area contributed by atoms with E-state index in [9.17, 15) is 4.48 Å². The van der Waals surface area contributed by atoms with Gasteiger partial charge in [0.25, 0.3) is 0 Å². The van der Waals surface area contributed by atoms with Gasteiger partial charge in [0.05, 0.1) is 0 Å². The van der Waals surface area contributed by atoms with Crippen LogP contribution < -0.4 is 5.54 Å². The zero-order chi connectivity index (χ0) is 7.11. The molecule has 0 fully saturated rings. The van der Waals surface area contributed by atoms with Crippen molar-refractivity contribution < 1.29 is 4.48 Å². The molecule has 3 heteroatoms. The summed E-state index contributed by atoms with van der Waals surface area (Å²) in [6.07, 6.45) is 2.13. The molecule has 0 aliphatic carbocycles. The molecule has 0 rings (SSSR count). The second-order valence-electron chi connectivity index (χ2n) is 1.92. The highest BCUT2D eigenvalue weighted by Gasteiger charge is 1.83. The summed E-state index contributed by atoms with van der Waals surface area (Å²) < 4.78 is 11.4. The zero-order valence-electron chi connectivity index (χ0n) is 5.95. The highest BCUT2D eigenvalue weighted by molar-refractivity contribution is 5.78. The number of hydrogen-bond acceptors (Lipinski definition) is 1. The molecule has 1 N–H and O–H groups in total. The number of nitrogens with zero attached hydrogens (tertiary/aromatic N) is 1. The molecule has 0 heterocycles. The van der Waals surface area contributed by atoms with Crippen molar-refractivity contribution in [3.8, 4) is 0 Å². The van der Waals surface area contributed by atoms with Gasteiger partial charge in [-0.3, -0.25) is 4.99 Å². The van der Waals surface area contributed by atoms with Crippen LogP contribution in [0.1, 0.15) is 26.7 Å². The first-order valence-corrected chi connectivity index (χ1v) is 3.19. The van der Waals surface area contributed by atoms with Crippen molar-refractivity contribution in [3.05, 3.63) is 0 Å². The van der Waals surface area contributed by atoms with E-state index >= 15 is 0 Å². The summed E-state index contributed by atoms with van der Waals surface area (Å²) in [4.78, 5) is 3.86. The third-order valence-corrected chi connectivity index (χ3v) is 0.997. The molecule has 0 aliphatic heterocycles. The van der Waals surface area contributed by atoms with Crippen molar-refractivity contribution in [1.29, 1.82) is 0 Å². The van der Waals surface area contributed by atoms with E-state index in [1.54, 1.807) is 6.92 Å². The van der Waals surface area contributed by atoms with Crippen LogP contribution in [0.15, 0.2) is 4.99 Å². The maximum atomic E-state index is 11.4. The molecule has 0 spiro atoms. The van der Waals surface area contributed by atoms with E-state index < -0.39 is 0 Å². The summed E-state index contributed by atoms with van der Waals surface area (Å²) in [5.74, 6) is 0.364. The summed E-state index contributed by atoms with van der Waals surface area (Å²) >= 11 is 0. The number of rotatable bonds is 3. The summed E-state index contributed by atoms with van der Waals surface area (Å²) in [5.41, 5.74) is 1.47. The van der Waals surface area contributed by atoms with Crippen LogP contribution in [0.5, 0.6) is 0 Å². The standard InChI is InChI=1S/C6H13FN2/c1-3-4-5-8-6(2)9-7/h3-5H2,1-2H3,(H,8,9). The van der Waals surface area contributed by atoms with Crippen molar-refractivity contribution in [1.82, 2.24) is 5.54 Å². The van der Waals surface area contributed by atoms with Crippen LogP contribution >= 0.6 is 0 Å². The van der Waals surface area contributed by atoms with E-state index in [-0.39, 0.29) is 0 Å². The third kappa shape index (κ3) is 5.27. The van der Waals surface area contributed by atoms with E-state index in [0.717, 1.165) is 19.4 Å². The van der Waals surface area contributed by atoms with Crippen LogP contribution in [0.25, 0.3) is 0 Å². The molecule has 0 bridgehead atoms. The molecule has 54 valence electrons. The van der Waals surface area contributed by atoms with Gasteiger partial charge >= 0.3 is 0 Å². The van der Waals surface area contributed by atoms with Crippen LogP contribution in [0, 0.1) is 0 Å². The van der Waals surface area contributed by atoms with Crippen LogP contribution in [0.4, 0.5) is 4.48 Å². The van der Waals surface area contributed by atoms with Gasteiger partial charge in [0.15, 0.2) is 0 Å². The first-order chi connectivity index (χ1) is 4.31. The lowest BCUT2D eigenvalue weighted by atomic mass is 10.3. The van der Waals surface area contributed by atoms with E-state index in [4.69, 9.17) is 0 Å². The minimum absolute atomic E-state index is 0.364. The molecular weight excluding hydrogens is 119 g/mol. The molecule has 0 aromatic heterocycles. The van der Waals surface area contributed by atoms with Crippen molar-refractivity contribution in [2.24, 2.45) is 4.99 Å². The Hall–Kier alpha value is -0.600. The Morgan fingerprint density at radius 3 is 2.78 bits per heavy atom. The fourth-order valence-corrected chi connectivity index (χ4v) is 0.435. The first kappa shape index (κ1) is 8.40. The molecule has 0 unspecified atom stereocenters. The Balaban J connectivity index is 3.21. The topological polar surface area (TPSA) is 24.4 Å². The predicted octanol–water partition coefficient (Wildman–Crippen LogP) is 1.68. The second kappa shape index (κ2) is 5.54. The fraction of sp³-hybridized carbons (Fsp3) is 0.833. The highest BCUT2D eigenvalue weighted by atomic mass is 19.2. The van der Waals surface area contributed by atoms with Gasteiger partial charge in [0, 0.05) is 6.54 Å². The van der Waals surface area contributed by atoms with Gasteiger partial charge in [-0.2, -0.15) is 0 Å². The van der Waals surface area contributed by atoms with Crippen molar-refractivity contribution in [2.45, 2.75) is 26.7 Å². The summed E-state index contributed by atoms with van der Waals surface area (Å²) in [7, 11) is 0. The molecule has 0 aromatic carbocycles. The third-order valence-electron chi connectivity index (χ3n) is 0.997. The number of amidine groups is 1. The smallest absolute Gasteiger partial charge is 0.122 e. The molecule has 0 amide bonds. The highest BCUT2D eigenvalue weighted by Crippen LogP contribution is 1.86. The van der Waals surface area contributed by atoms with E-state index in [2.05, 4.69) is 11.9 Å². The van der Waals surface area contributed by atoms with Gasteiger partial charge in [-0.25, -0.2) is 5.54 Å². The summed E-state index contributed by atoms with van der Waals surface area (Å²) in [5, 5.41) is 0. The molecule has 0 aromatic rings. The largest absolute Gasteiger partial charge is 0.271 e. The average Bonchev–Trinajstić information content (AvgIpc) is 1.89. The van der Waals surface area contributed by atoms with Gasteiger partial charge in [-0.15, -0.1) is 4.48 Å². The van der Waals surface area contributed by atoms with E-state index in [0.29, 0.717) is 5.84 Å². The fourth-order valence-electron chi connectivity index (χ4n) is 0.435. The van der Waals surface area contributed by atoms with Gasteiger partial charge in [-0.1, -0.05) is 13.3 Å². The van der Waals surface area contributed by atoms with Crippen LogP contribution in [-0.4, -0.2) is 12.4 Å². The molecule has 2 nitrogen and oxygen atoms in total. The molecule has 0 saturated carbocycles. The van der Waals surface area contributed by atoms with Crippen molar-refractivity contribution in [3.63, 3.8) is 0 Å². The number of nitrogens with one attached hydrogen (secondary N) is 1. The predicted molar refractivity (Wildman–Crippen MR) is 37.1 cm³/mol. The van der Waals surface area contributed by atoms with Gasteiger partial charge in [-0.05, 0) is 13.3 Å². The normalized spacial score (nSPS) is 11.7. The molecule has 0 aliphatic rings. The number of unbranched alkanes of at least 4 members (excludes halogenated alkanes) is 1. The number of halogens is 1. The monoisotopic (exact) mass is 132 g/mol. The Labute approximate surface area is 55.1 Å². The minimum Gasteiger partial charge on any atom is -0.271 e. The van der Waals surface area contributed by atoms with E-state index in [1.165, 1.54) is 5.54 Å². The average molecular weight is 132 g/mol. The lowest BCUT2D eigenvalue weighted by Crippen LogP contribution is -2.08. The molecular formula is C6H13FN2. The van der Waals surface area contributed by atoms with Crippen LogP contribution in [0.2, 0.25) is 0 Å². The number of hydrogen-bond donors (Lipinski definition) is 1. The van der Waals surface area contributed by atoms with Crippen molar-refractivity contribution in [2.75, 3.05) is 6.54 Å². The minimum atomic E-state index is 0.364. The molecule has 0 saturated heterocycles. The molecule has 9 heavy (non-hydrogen) atoms. The lowest BCUT2D eigenvalue weighted by Gasteiger charge is -1.93. The molecule has 0 radical (unpaired) electrons. The van der Waals surface area contributed by atoms with E-state index in [1.807, 2.05) is 0 Å². The van der Waals surface area contributed by atoms with Gasteiger partial charge < -0.3 is 0 Å². The first-order valence-electron chi connectivity index (χ1n) is 3.19. The Morgan fingerprint density at radius 1 is 1.67 bits per heavy atom. The van der Waals surface area contributed by atoms with Crippen LogP contribution in [-0.2, 0) is 0 Å². The second-order valence-corrected chi connectivity index (χ2v) is 1.92. The van der Waals surface area contributed by atoms with Crippen molar-refractivity contribution >= 4 is 5.84 Å². The number of aliphatic imine (C=N–C) groups is 1. The van der Waals surface area contributed by atoms with Gasteiger partial charge in [0.2, 0.25) is 0 Å². The lowest BCUT2D eigenvalue weighted by molar-refractivity contribution is 0.430. The SMILES string of the molecule is CCCCN=C(C)NF. The molecule has 0 atom stereocenters. The quantitative estimate of drug-likeness (QED) is 0.268. The Bertz CT molecular complexity index is 91.1. The maximum Gasteiger partial charge on any atom is 0.122 e.